The van der Waals surface area contributed by atoms with E-state index in [1.165, 1.54) is 0 Å². The normalized spacial score (nSPS) is 22.8. The van der Waals surface area contributed by atoms with E-state index in [0.717, 1.165) is 24.6 Å². The quantitative estimate of drug-likeness (QED) is 0.798. The summed E-state index contributed by atoms with van der Waals surface area (Å²) in [5.41, 5.74) is 0. The molecule has 0 amide bonds. The second-order valence-electron chi connectivity index (χ2n) is 4.74. The lowest BCUT2D eigenvalue weighted by Gasteiger charge is -2.37. The van der Waals surface area contributed by atoms with E-state index in [1.807, 2.05) is 5.38 Å². The van der Waals surface area contributed by atoms with E-state index in [1.54, 1.807) is 17.5 Å². The zero-order valence-electron chi connectivity index (χ0n) is 10.4. The molecule has 0 bridgehead atoms. The van der Waals surface area contributed by atoms with E-state index in [-0.39, 0.29) is 0 Å². The van der Waals surface area contributed by atoms with Crippen LogP contribution in [-0.2, 0) is 11.2 Å². The first-order valence-corrected chi connectivity index (χ1v) is 6.82. The number of hydrogen-bond acceptors (Lipinski definition) is 5. The van der Waals surface area contributed by atoms with Gasteiger partial charge in [-0.15, -0.1) is 11.3 Å². The smallest absolute Gasteiger partial charge is 0.141 e. The summed E-state index contributed by atoms with van der Waals surface area (Å²) in [5.74, 6) is 0.298. The minimum Gasteiger partial charge on any atom is -0.304 e. The third-order valence-electron chi connectivity index (χ3n) is 3.28. The lowest BCUT2D eigenvalue weighted by atomic mass is 10.0. The molecule has 0 spiro atoms. The van der Waals surface area contributed by atoms with Crippen molar-refractivity contribution in [1.82, 2.24) is 14.8 Å². The van der Waals surface area contributed by atoms with Gasteiger partial charge in [0.1, 0.15) is 5.78 Å². The van der Waals surface area contributed by atoms with E-state index >= 15 is 0 Å². The number of hydrogen-bond donors (Lipinski definition) is 0. The summed E-state index contributed by atoms with van der Waals surface area (Å²) >= 11 is 1.56. The van der Waals surface area contributed by atoms with Crippen molar-refractivity contribution in [1.29, 1.82) is 0 Å². The van der Waals surface area contributed by atoms with Crippen molar-refractivity contribution < 1.29 is 4.79 Å². The summed E-state index contributed by atoms with van der Waals surface area (Å²) in [6, 6.07) is 0.362. The van der Waals surface area contributed by atoms with Crippen LogP contribution in [-0.4, -0.2) is 60.3 Å². The topological polar surface area (TPSA) is 36.4 Å². The molecule has 4 nitrogen and oxygen atoms in total. The summed E-state index contributed by atoms with van der Waals surface area (Å²) in [6.45, 7) is 3.12. The van der Waals surface area contributed by atoms with Crippen LogP contribution in [0.25, 0.3) is 0 Å². The largest absolute Gasteiger partial charge is 0.304 e. The zero-order valence-corrected chi connectivity index (χ0v) is 11.2. The Hall–Kier alpha value is -0.780. The van der Waals surface area contributed by atoms with Crippen LogP contribution in [0.3, 0.4) is 0 Å². The minimum absolute atomic E-state index is 0.298. The predicted octanol–water partition coefficient (Wildman–Crippen LogP) is 0.891. The van der Waals surface area contributed by atoms with E-state index in [0.29, 0.717) is 24.7 Å². The van der Waals surface area contributed by atoms with Crippen molar-refractivity contribution in [3.05, 3.63) is 16.6 Å². The number of carbonyl (C=O) groups is 1. The summed E-state index contributed by atoms with van der Waals surface area (Å²) in [7, 11) is 4.22. The Morgan fingerprint density at radius 3 is 3.06 bits per heavy atom. The lowest BCUT2D eigenvalue weighted by Crippen LogP contribution is -2.50. The highest BCUT2D eigenvalue weighted by Crippen LogP contribution is 2.13. The molecule has 0 radical (unpaired) electrons. The molecule has 0 aromatic carbocycles. The summed E-state index contributed by atoms with van der Waals surface area (Å²) in [6.07, 6.45) is 2.89. The summed E-state index contributed by atoms with van der Waals surface area (Å²) in [4.78, 5) is 20.7. The Bertz CT molecular complexity index is 366. The van der Waals surface area contributed by atoms with Crippen molar-refractivity contribution in [3.63, 3.8) is 0 Å². The Morgan fingerprint density at radius 2 is 2.35 bits per heavy atom. The molecule has 1 fully saturated rings. The number of likely N-dealkylation sites (N-methyl/N-ethyl adjacent to an activating group) is 2. The number of piperazine rings is 1. The lowest BCUT2D eigenvalue weighted by molar-refractivity contribution is -0.120. The molecule has 1 aliphatic rings. The molecule has 1 aromatic heterocycles. The van der Waals surface area contributed by atoms with E-state index in [9.17, 15) is 4.79 Å². The van der Waals surface area contributed by atoms with Gasteiger partial charge >= 0.3 is 0 Å². The molecule has 0 N–H and O–H groups in total. The van der Waals surface area contributed by atoms with Gasteiger partial charge in [0.25, 0.3) is 0 Å². The van der Waals surface area contributed by atoms with Gasteiger partial charge in [-0.1, -0.05) is 0 Å². The third-order valence-corrected chi connectivity index (χ3v) is 4.05. The molecule has 2 rings (SSSR count). The van der Waals surface area contributed by atoms with Gasteiger partial charge in [0.15, 0.2) is 0 Å². The molecule has 2 heterocycles. The number of ketones is 1. The average Bonchev–Trinajstić information content (AvgIpc) is 2.76. The fourth-order valence-corrected chi connectivity index (χ4v) is 2.81. The fraction of sp³-hybridized carbons (Fsp3) is 0.667. The molecule has 1 aromatic rings. The Kier molecular flexibility index (Phi) is 4.25. The molecular formula is C12H19N3OS. The van der Waals surface area contributed by atoms with Gasteiger partial charge in [-0.05, 0) is 14.1 Å². The third kappa shape index (κ3) is 3.59. The van der Waals surface area contributed by atoms with Crippen molar-refractivity contribution in [2.24, 2.45) is 0 Å². The van der Waals surface area contributed by atoms with Crippen LogP contribution in [0.2, 0.25) is 0 Å². The van der Waals surface area contributed by atoms with Crippen LogP contribution in [0, 0.1) is 0 Å². The second kappa shape index (κ2) is 5.71. The van der Waals surface area contributed by atoms with Crippen molar-refractivity contribution >= 4 is 17.1 Å². The van der Waals surface area contributed by atoms with Crippen molar-refractivity contribution in [2.75, 3.05) is 33.7 Å². The SMILES string of the molecule is CN1CCN(C)C(CC(=O)Cc2nccs2)C1. The zero-order chi connectivity index (χ0) is 12.3. The van der Waals surface area contributed by atoms with E-state index in [2.05, 4.69) is 28.9 Å². The molecule has 1 aliphatic heterocycles. The number of Topliss-reactive ketones (excluding diaryl/α,β-unsaturated/α-hetero) is 1. The van der Waals surface area contributed by atoms with E-state index < -0.39 is 0 Å². The maximum atomic E-state index is 12.0. The minimum atomic E-state index is 0.298. The Labute approximate surface area is 106 Å². The number of carbonyl (C=O) groups excluding carboxylic acids is 1. The van der Waals surface area contributed by atoms with Gasteiger partial charge in [-0.25, -0.2) is 4.98 Å². The summed E-state index contributed by atoms with van der Waals surface area (Å²) in [5, 5.41) is 2.85. The monoisotopic (exact) mass is 253 g/mol. The van der Waals surface area contributed by atoms with Gasteiger partial charge < -0.3 is 9.80 Å². The summed E-state index contributed by atoms with van der Waals surface area (Å²) < 4.78 is 0. The molecule has 1 unspecified atom stereocenters. The first-order valence-electron chi connectivity index (χ1n) is 5.94. The van der Waals surface area contributed by atoms with Gasteiger partial charge in [0, 0.05) is 43.7 Å². The highest BCUT2D eigenvalue weighted by Gasteiger charge is 2.24. The highest BCUT2D eigenvalue weighted by molar-refractivity contribution is 7.09. The van der Waals surface area contributed by atoms with Gasteiger partial charge in [0.05, 0.1) is 11.4 Å². The molecule has 0 saturated carbocycles. The molecule has 94 valence electrons. The predicted molar refractivity (Wildman–Crippen MR) is 69.4 cm³/mol. The van der Waals surface area contributed by atoms with Crippen LogP contribution in [0.15, 0.2) is 11.6 Å². The van der Waals surface area contributed by atoms with E-state index in [4.69, 9.17) is 0 Å². The maximum absolute atomic E-state index is 12.0. The average molecular weight is 253 g/mol. The molecule has 17 heavy (non-hydrogen) atoms. The van der Waals surface area contributed by atoms with Crippen molar-refractivity contribution in [2.45, 2.75) is 18.9 Å². The fourth-order valence-electron chi connectivity index (χ4n) is 2.17. The second-order valence-corrected chi connectivity index (χ2v) is 5.72. The molecule has 1 atom stereocenters. The van der Waals surface area contributed by atoms with Crippen LogP contribution in [0.1, 0.15) is 11.4 Å². The molecule has 5 heteroatoms. The van der Waals surface area contributed by atoms with Gasteiger partial charge in [-0.3, -0.25) is 4.79 Å². The van der Waals surface area contributed by atoms with Crippen LogP contribution in [0.5, 0.6) is 0 Å². The standard InChI is InChI=1S/C12H19N3OS/c1-14-4-5-15(2)10(9-14)7-11(16)8-12-13-3-6-17-12/h3,6,10H,4-5,7-9H2,1-2H3. The van der Waals surface area contributed by atoms with Crippen molar-refractivity contribution in [3.8, 4) is 0 Å². The van der Waals surface area contributed by atoms with Crippen LogP contribution < -0.4 is 0 Å². The maximum Gasteiger partial charge on any atom is 0.141 e. The van der Waals surface area contributed by atoms with Crippen LogP contribution in [0.4, 0.5) is 0 Å². The van der Waals surface area contributed by atoms with Gasteiger partial charge in [0.2, 0.25) is 0 Å². The molecular weight excluding hydrogens is 234 g/mol. The number of thiazole rings is 1. The number of nitrogens with zero attached hydrogens (tertiary/aromatic N) is 3. The van der Waals surface area contributed by atoms with Gasteiger partial charge in [-0.2, -0.15) is 0 Å². The molecule has 0 aliphatic carbocycles. The highest BCUT2D eigenvalue weighted by atomic mass is 32.1. The van der Waals surface area contributed by atoms with Crippen LogP contribution >= 0.6 is 11.3 Å². The number of aromatic nitrogens is 1. The number of rotatable bonds is 4. The first kappa shape index (κ1) is 12.7. The molecule has 1 saturated heterocycles. The Balaban J connectivity index is 1.85. The first-order chi connectivity index (χ1) is 8.15. The Morgan fingerprint density at radius 1 is 1.53 bits per heavy atom.